The summed E-state index contributed by atoms with van der Waals surface area (Å²) in [5, 5.41) is 0.247. The minimum atomic E-state index is 0.247. The van der Waals surface area contributed by atoms with Crippen LogP contribution in [0.3, 0.4) is 0 Å². The molecule has 0 saturated carbocycles. The maximum absolute atomic E-state index is 5.78. The van der Waals surface area contributed by atoms with Gasteiger partial charge in [0.05, 0.1) is 26.4 Å². The summed E-state index contributed by atoms with van der Waals surface area (Å²) < 4.78 is 15.4. The van der Waals surface area contributed by atoms with Gasteiger partial charge in [0.2, 0.25) is 0 Å². The second kappa shape index (κ2) is 11.2. The van der Waals surface area contributed by atoms with Crippen LogP contribution in [0.4, 0.5) is 0 Å². The first-order valence-electron chi connectivity index (χ1n) is 5.06. The fourth-order valence-electron chi connectivity index (χ4n) is 0.931. The van der Waals surface area contributed by atoms with Crippen molar-refractivity contribution in [3.05, 3.63) is 0 Å². The number of ether oxygens (including phenoxy) is 3. The van der Waals surface area contributed by atoms with Crippen molar-refractivity contribution in [2.24, 2.45) is 0 Å². The van der Waals surface area contributed by atoms with Gasteiger partial charge in [-0.3, -0.25) is 0 Å². The predicted molar refractivity (Wildman–Crippen MR) is 58.1 cm³/mol. The molecule has 0 aromatic carbocycles. The lowest BCUT2D eigenvalue weighted by Gasteiger charge is -2.06. The van der Waals surface area contributed by atoms with Gasteiger partial charge in [0, 0.05) is 19.1 Å². The summed E-state index contributed by atoms with van der Waals surface area (Å²) in [5.74, 6) is 0. The van der Waals surface area contributed by atoms with Gasteiger partial charge in [0.25, 0.3) is 0 Å². The van der Waals surface area contributed by atoms with Gasteiger partial charge in [-0.25, -0.2) is 0 Å². The minimum Gasteiger partial charge on any atom is -0.382 e. The van der Waals surface area contributed by atoms with Crippen LogP contribution in [0.2, 0.25) is 0 Å². The van der Waals surface area contributed by atoms with Crippen LogP contribution in [-0.4, -0.2) is 45.5 Å². The van der Waals surface area contributed by atoms with Crippen molar-refractivity contribution in [1.82, 2.24) is 0 Å². The zero-order valence-corrected chi connectivity index (χ0v) is 9.89. The first kappa shape index (κ1) is 14.2. The Morgan fingerprint density at radius 2 is 1.57 bits per heavy atom. The zero-order chi connectivity index (χ0) is 10.6. The lowest BCUT2D eigenvalue weighted by molar-refractivity contribution is 0.0240. The molecule has 0 bridgehead atoms. The first-order valence-corrected chi connectivity index (χ1v) is 5.49. The van der Waals surface area contributed by atoms with E-state index >= 15 is 0 Å². The molecular formula is C10H21ClO3. The highest BCUT2D eigenvalue weighted by atomic mass is 35.5. The van der Waals surface area contributed by atoms with E-state index in [1.807, 2.05) is 6.92 Å². The molecule has 0 amide bonds. The van der Waals surface area contributed by atoms with E-state index in [1.54, 1.807) is 7.11 Å². The molecule has 0 aliphatic rings. The molecule has 0 spiro atoms. The maximum atomic E-state index is 5.78. The average Bonchev–Trinajstić information content (AvgIpc) is 2.15. The third-order valence-electron chi connectivity index (χ3n) is 1.69. The van der Waals surface area contributed by atoms with Gasteiger partial charge in [-0.15, -0.1) is 11.6 Å². The molecule has 0 rings (SSSR count). The van der Waals surface area contributed by atoms with Gasteiger partial charge in [0.15, 0.2) is 0 Å². The number of halogens is 1. The van der Waals surface area contributed by atoms with Crippen molar-refractivity contribution in [3.8, 4) is 0 Å². The van der Waals surface area contributed by atoms with E-state index in [-0.39, 0.29) is 5.38 Å². The first-order chi connectivity index (χ1) is 6.77. The van der Waals surface area contributed by atoms with Crippen LogP contribution in [0.25, 0.3) is 0 Å². The molecule has 0 N–H and O–H groups in total. The van der Waals surface area contributed by atoms with E-state index in [1.165, 1.54) is 0 Å². The average molecular weight is 225 g/mol. The van der Waals surface area contributed by atoms with Crippen LogP contribution in [0, 0.1) is 0 Å². The van der Waals surface area contributed by atoms with Crippen LogP contribution < -0.4 is 0 Å². The molecule has 14 heavy (non-hydrogen) atoms. The molecule has 3 nitrogen and oxygen atoms in total. The van der Waals surface area contributed by atoms with Crippen LogP contribution in [0.1, 0.15) is 19.8 Å². The van der Waals surface area contributed by atoms with Crippen LogP contribution in [0.15, 0.2) is 0 Å². The fraction of sp³-hybridized carbons (Fsp3) is 1.00. The minimum absolute atomic E-state index is 0.247. The van der Waals surface area contributed by atoms with Crippen LogP contribution in [-0.2, 0) is 14.2 Å². The predicted octanol–water partition coefficient (Wildman–Crippen LogP) is 2.07. The Morgan fingerprint density at radius 1 is 1.00 bits per heavy atom. The molecule has 0 aromatic heterocycles. The summed E-state index contributed by atoms with van der Waals surface area (Å²) in [6.45, 7) is 5.34. The Labute approximate surface area is 91.7 Å². The third-order valence-corrected chi connectivity index (χ3v) is 1.91. The van der Waals surface area contributed by atoms with E-state index in [0.717, 1.165) is 19.4 Å². The summed E-state index contributed by atoms with van der Waals surface area (Å²) in [7, 11) is 1.66. The summed E-state index contributed by atoms with van der Waals surface area (Å²) in [5.41, 5.74) is 0. The van der Waals surface area contributed by atoms with E-state index < -0.39 is 0 Å². The van der Waals surface area contributed by atoms with Gasteiger partial charge in [0.1, 0.15) is 0 Å². The number of hydrogen-bond donors (Lipinski definition) is 0. The quantitative estimate of drug-likeness (QED) is 0.420. The van der Waals surface area contributed by atoms with Gasteiger partial charge >= 0.3 is 0 Å². The van der Waals surface area contributed by atoms with Gasteiger partial charge in [-0.05, 0) is 19.8 Å². The van der Waals surface area contributed by atoms with Gasteiger partial charge < -0.3 is 14.2 Å². The number of methoxy groups -OCH3 is 1. The highest BCUT2D eigenvalue weighted by Gasteiger charge is 1.95. The van der Waals surface area contributed by atoms with E-state index in [4.69, 9.17) is 25.8 Å². The lowest BCUT2D eigenvalue weighted by Crippen LogP contribution is -2.09. The summed E-state index contributed by atoms with van der Waals surface area (Å²) in [6.07, 6.45) is 2.02. The Balaban J connectivity index is 2.85. The molecule has 1 atom stereocenters. The Bertz CT molecular complexity index is 110. The van der Waals surface area contributed by atoms with E-state index in [2.05, 4.69) is 0 Å². The highest BCUT2D eigenvalue weighted by molar-refractivity contribution is 6.20. The van der Waals surface area contributed by atoms with E-state index in [9.17, 15) is 0 Å². The molecular weight excluding hydrogens is 204 g/mol. The molecule has 1 unspecified atom stereocenters. The van der Waals surface area contributed by atoms with E-state index in [0.29, 0.717) is 26.4 Å². The molecule has 0 radical (unpaired) electrons. The number of hydrogen-bond acceptors (Lipinski definition) is 3. The monoisotopic (exact) mass is 224 g/mol. The van der Waals surface area contributed by atoms with Gasteiger partial charge in [-0.2, -0.15) is 0 Å². The molecule has 86 valence electrons. The van der Waals surface area contributed by atoms with Crippen molar-refractivity contribution in [1.29, 1.82) is 0 Å². The van der Waals surface area contributed by atoms with Crippen molar-refractivity contribution in [2.45, 2.75) is 25.1 Å². The lowest BCUT2D eigenvalue weighted by atomic mass is 10.3. The molecule has 0 aliphatic heterocycles. The number of alkyl halides is 1. The topological polar surface area (TPSA) is 27.7 Å². The zero-order valence-electron chi connectivity index (χ0n) is 9.13. The summed E-state index contributed by atoms with van der Waals surface area (Å²) in [6, 6.07) is 0. The van der Waals surface area contributed by atoms with Crippen molar-refractivity contribution in [2.75, 3.05) is 40.1 Å². The van der Waals surface area contributed by atoms with Crippen LogP contribution in [0.5, 0.6) is 0 Å². The molecule has 4 heteroatoms. The van der Waals surface area contributed by atoms with Crippen LogP contribution >= 0.6 is 11.6 Å². The van der Waals surface area contributed by atoms with Crippen molar-refractivity contribution in [3.63, 3.8) is 0 Å². The summed E-state index contributed by atoms with van der Waals surface area (Å²) in [4.78, 5) is 0. The third kappa shape index (κ3) is 12.2. The Hall–Kier alpha value is 0.170. The standard InChI is InChI=1S/C10H21ClO3/c1-10(11)4-3-5-13-8-9-14-7-6-12-2/h10H,3-9H2,1-2H3. The molecule has 0 saturated heterocycles. The fourth-order valence-corrected chi connectivity index (χ4v) is 1.09. The Morgan fingerprint density at radius 3 is 2.14 bits per heavy atom. The molecule has 0 heterocycles. The maximum Gasteiger partial charge on any atom is 0.0701 e. The normalized spacial score (nSPS) is 13.1. The summed E-state index contributed by atoms with van der Waals surface area (Å²) >= 11 is 5.78. The van der Waals surface area contributed by atoms with Gasteiger partial charge in [-0.1, -0.05) is 0 Å². The SMILES string of the molecule is COCCOCCOCCCC(C)Cl. The highest BCUT2D eigenvalue weighted by Crippen LogP contribution is 2.03. The largest absolute Gasteiger partial charge is 0.382 e. The molecule has 0 aliphatic carbocycles. The number of rotatable bonds is 10. The molecule has 0 fully saturated rings. The van der Waals surface area contributed by atoms with Crippen molar-refractivity contribution >= 4 is 11.6 Å². The van der Waals surface area contributed by atoms with Crippen molar-refractivity contribution < 1.29 is 14.2 Å². The second-order valence-electron chi connectivity index (χ2n) is 3.14. The smallest absolute Gasteiger partial charge is 0.0701 e. The second-order valence-corrected chi connectivity index (χ2v) is 3.89. The Kier molecular flexibility index (Phi) is 11.4. The molecule has 0 aromatic rings.